The molecule has 3 N–H and O–H groups in total. The molecule has 0 bridgehead atoms. The molecule has 5 nitrogen and oxygen atoms in total. The highest BCUT2D eigenvalue weighted by Gasteiger charge is 2.43. The summed E-state index contributed by atoms with van der Waals surface area (Å²) in [4.78, 5) is 23.8. The fraction of sp³-hybridized carbons (Fsp3) is 0.857. The summed E-state index contributed by atoms with van der Waals surface area (Å²) in [5.41, 5.74) is -0.311. The molecular formula is C14H27N3O2. The molecule has 1 rings (SSSR count). The van der Waals surface area contributed by atoms with Crippen molar-refractivity contribution in [2.24, 2.45) is 11.3 Å². The summed E-state index contributed by atoms with van der Waals surface area (Å²) in [7, 11) is 0. The number of hydrogen-bond donors (Lipinski definition) is 3. The van der Waals surface area contributed by atoms with Crippen molar-refractivity contribution < 1.29 is 9.59 Å². The van der Waals surface area contributed by atoms with Crippen LogP contribution in [0.4, 0.5) is 0 Å². The number of nitrogens with one attached hydrogen (secondary N) is 3. The summed E-state index contributed by atoms with van der Waals surface area (Å²) in [5.74, 6) is 0.357. The van der Waals surface area contributed by atoms with Gasteiger partial charge < -0.3 is 16.0 Å². The molecule has 2 amide bonds. The van der Waals surface area contributed by atoms with Crippen LogP contribution in [0.5, 0.6) is 0 Å². The predicted molar refractivity (Wildman–Crippen MR) is 75.7 cm³/mol. The Morgan fingerprint density at radius 1 is 1.26 bits per heavy atom. The van der Waals surface area contributed by atoms with Crippen LogP contribution in [0.1, 0.15) is 40.5 Å². The van der Waals surface area contributed by atoms with Crippen LogP contribution in [-0.2, 0) is 9.59 Å². The molecule has 0 radical (unpaired) electrons. The minimum atomic E-state index is -0.311. The van der Waals surface area contributed by atoms with E-state index in [0.717, 1.165) is 19.5 Å². The monoisotopic (exact) mass is 269 g/mol. The standard InChI is InChI=1S/C14H27N3O2/c1-10(2)14(6-8-15-9-14)13(19)16-7-5-12(18)17-11(3)4/h10-11,15H,5-9H2,1-4H3,(H,16,19)(H,17,18). The maximum atomic E-state index is 12.3. The van der Waals surface area contributed by atoms with Crippen molar-refractivity contribution in [2.75, 3.05) is 19.6 Å². The third kappa shape index (κ3) is 4.20. The van der Waals surface area contributed by atoms with Crippen molar-refractivity contribution in [1.82, 2.24) is 16.0 Å². The van der Waals surface area contributed by atoms with Crippen LogP contribution in [-0.4, -0.2) is 37.5 Å². The highest BCUT2D eigenvalue weighted by atomic mass is 16.2. The van der Waals surface area contributed by atoms with E-state index >= 15 is 0 Å². The lowest BCUT2D eigenvalue weighted by Gasteiger charge is -2.31. The van der Waals surface area contributed by atoms with Gasteiger partial charge in [0.15, 0.2) is 0 Å². The number of hydrogen-bond acceptors (Lipinski definition) is 3. The summed E-state index contributed by atoms with van der Waals surface area (Å²) in [6, 6.07) is 0.143. The topological polar surface area (TPSA) is 70.2 Å². The average Bonchev–Trinajstić information content (AvgIpc) is 2.77. The smallest absolute Gasteiger partial charge is 0.227 e. The van der Waals surface area contributed by atoms with E-state index < -0.39 is 0 Å². The van der Waals surface area contributed by atoms with Gasteiger partial charge in [-0.05, 0) is 32.7 Å². The second-order valence-electron chi connectivity index (χ2n) is 5.97. The average molecular weight is 269 g/mol. The Balaban J connectivity index is 2.40. The van der Waals surface area contributed by atoms with Gasteiger partial charge in [0.25, 0.3) is 0 Å². The molecule has 0 aromatic carbocycles. The molecule has 110 valence electrons. The number of carbonyl (C=O) groups excluding carboxylic acids is 2. The van der Waals surface area contributed by atoms with Gasteiger partial charge in [0.05, 0.1) is 5.41 Å². The second kappa shape index (κ2) is 6.89. The van der Waals surface area contributed by atoms with Crippen molar-refractivity contribution in [2.45, 2.75) is 46.6 Å². The van der Waals surface area contributed by atoms with E-state index in [9.17, 15) is 9.59 Å². The van der Waals surface area contributed by atoms with Gasteiger partial charge in [-0.2, -0.15) is 0 Å². The summed E-state index contributed by atoms with van der Waals surface area (Å²) in [5, 5.41) is 8.99. The quantitative estimate of drug-likeness (QED) is 0.663. The molecule has 1 unspecified atom stereocenters. The molecule has 1 aliphatic heterocycles. The second-order valence-corrected chi connectivity index (χ2v) is 5.97. The van der Waals surface area contributed by atoms with Crippen LogP contribution < -0.4 is 16.0 Å². The number of carbonyl (C=O) groups is 2. The molecule has 0 saturated carbocycles. The molecule has 1 aliphatic rings. The maximum absolute atomic E-state index is 12.3. The van der Waals surface area contributed by atoms with Crippen LogP contribution in [0, 0.1) is 11.3 Å². The third-order valence-electron chi connectivity index (χ3n) is 3.83. The lowest BCUT2D eigenvalue weighted by atomic mass is 9.75. The van der Waals surface area contributed by atoms with Gasteiger partial charge in [0.1, 0.15) is 0 Å². The maximum Gasteiger partial charge on any atom is 0.227 e. The van der Waals surface area contributed by atoms with Crippen LogP contribution in [0.2, 0.25) is 0 Å². The van der Waals surface area contributed by atoms with Crippen molar-refractivity contribution in [3.05, 3.63) is 0 Å². The summed E-state index contributed by atoms with van der Waals surface area (Å²) in [6.45, 7) is 10.0. The van der Waals surface area contributed by atoms with Crippen molar-refractivity contribution >= 4 is 11.8 Å². The van der Waals surface area contributed by atoms with Crippen LogP contribution >= 0.6 is 0 Å². The molecule has 0 aromatic heterocycles. The van der Waals surface area contributed by atoms with Gasteiger partial charge in [-0.25, -0.2) is 0 Å². The summed E-state index contributed by atoms with van der Waals surface area (Å²) < 4.78 is 0. The normalized spacial score (nSPS) is 22.8. The molecule has 0 aromatic rings. The number of rotatable bonds is 6. The zero-order chi connectivity index (χ0) is 14.5. The highest BCUT2D eigenvalue weighted by molar-refractivity contribution is 5.84. The Morgan fingerprint density at radius 3 is 2.42 bits per heavy atom. The molecule has 0 spiro atoms. The minimum absolute atomic E-state index is 0.0153. The first-order valence-corrected chi connectivity index (χ1v) is 7.17. The van der Waals surface area contributed by atoms with E-state index in [4.69, 9.17) is 0 Å². The van der Waals surface area contributed by atoms with Gasteiger partial charge in [0, 0.05) is 25.6 Å². The third-order valence-corrected chi connectivity index (χ3v) is 3.83. The Labute approximate surface area is 115 Å². The zero-order valence-electron chi connectivity index (χ0n) is 12.5. The Kier molecular flexibility index (Phi) is 5.79. The van der Waals surface area contributed by atoms with E-state index in [1.807, 2.05) is 13.8 Å². The van der Waals surface area contributed by atoms with Crippen LogP contribution in [0.25, 0.3) is 0 Å². The first-order valence-electron chi connectivity index (χ1n) is 7.17. The van der Waals surface area contributed by atoms with E-state index in [-0.39, 0.29) is 23.3 Å². The van der Waals surface area contributed by atoms with Crippen molar-refractivity contribution in [3.8, 4) is 0 Å². The van der Waals surface area contributed by atoms with Gasteiger partial charge in [-0.1, -0.05) is 13.8 Å². The van der Waals surface area contributed by atoms with Crippen molar-refractivity contribution in [1.29, 1.82) is 0 Å². The lowest BCUT2D eigenvalue weighted by molar-refractivity contribution is -0.132. The molecule has 0 aliphatic carbocycles. The van der Waals surface area contributed by atoms with Crippen LogP contribution in [0.15, 0.2) is 0 Å². The van der Waals surface area contributed by atoms with Gasteiger partial charge in [0.2, 0.25) is 11.8 Å². The molecule has 1 saturated heterocycles. The van der Waals surface area contributed by atoms with Crippen molar-refractivity contribution in [3.63, 3.8) is 0 Å². The Hall–Kier alpha value is -1.10. The first kappa shape index (κ1) is 16.0. The van der Waals surface area contributed by atoms with E-state index in [1.54, 1.807) is 0 Å². The minimum Gasteiger partial charge on any atom is -0.355 e. The molecular weight excluding hydrogens is 242 g/mol. The fourth-order valence-electron chi connectivity index (χ4n) is 2.52. The molecule has 1 atom stereocenters. The largest absolute Gasteiger partial charge is 0.355 e. The molecule has 5 heteroatoms. The Morgan fingerprint density at radius 2 is 1.95 bits per heavy atom. The predicted octanol–water partition coefficient (Wildman–Crippen LogP) is 0.653. The summed E-state index contributed by atoms with van der Waals surface area (Å²) in [6.07, 6.45) is 1.21. The van der Waals surface area contributed by atoms with E-state index in [2.05, 4.69) is 29.8 Å². The summed E-state index contributed by atoms with van der Waals surface area (Å²) >= 11 is 0. The zero-order valence-corrected chi connectivity index (χ0v) is 12.5. The lowest BCUT2D eigenvalue weighted by Crippen LogP contribution is -2.47. The van der Waals surface area contributed by atoms with Gasteiger partial charge in [-0.15, -0.1) is 0 Å². The molecule has 1 fully saturated rings. The van der Waals surface area contributed by atoms with E-state index in [1.165, 1.54) is 0 Å². The molecule has 1 heterocycles. The van der Waals surface area contributed by atoms with E-state index in [0.29, 0.717) is 18.9 Å². The fourth-order valence-corrected chi connectivity index (χ4v) is 2.52. The molecule has 19 heavy (non-hydrogen) atoms. The van der Waals surface area contributed by atoms with Gasteiger partial charge >= 0.3 is 0 Å². The van der Waals surface area contributed by atoms with Crippen LogP contribution in [0.3, 0.4) is 0 Å². The van der Waals surface area contributed by atoms with Gasteiger partial charge in [-0.3, -0.25) is 9.59 Å². The highest BCUT2D eigenvalue weighted by Crippen LogP contribution is 2.34. The number of amides is 2. The first-order chi connectivity index (χ1) is 8.88. The SMILES string of the molecule is CC(C)NC(=O)CCNC(=O)C1(C(C)C)CCNC1. The Bertz CT molecular complexity index is 321.